The van der Waals surface area contributed by atoms with E-state index in [4.69, 9.17) is 0 Å². The van der Waals surface area contributed by atoms with E-state index in [1.54, 1.807) is 12.1 Å². The molecule has 0 unspecified atom stereocenters. The lowest BCUT2D eigenvalue weighted by Crippen LogP contribution is -2.50. The summed E-state index contributed by atoms with van der Waals surface area (Å²) in [5.41, 5.74) is 0.365. The number of halogens is 2. The molecule has 4 heteroatoms. The monoisotopic (exact) mass is 212 g/mol. The highest BCUT2D eigenvalue weighted by Gasteiger charge is 2.21. The molecule has 15 heavy (non-hydrogen) atoms. The van der Waals surface area contributed by atoms with E-state index in [-0.39, 0.29) is 6.04 Å². The lowest BCUT2D eigenvalue weighted by molar-refractivity contribution is 0.472. The molecule has 1 heterocycles. The molecule has 2 nitrogen and oxygen atoms in total. The third-order valence-corrected chi connectivity index (χ3v) is 2.74. The summed E-state index contributed by atoms with van der Waals surface area (Å²) < 4.78 is 26.6. The first-order valence-electron chi connectivity index (χ1n) is 5.11. The van der Waals surface area contributed by atoms with Gasteiger partial charge in [-0.1, -0.05) is 6.07 Å². The molecule has 0 radical (unpaired) electrons. The third kappa shape index (κ3) is 1.95. The molecule has 0 bridgehead atoms. The molecule has 0 amide bonds. The minimum atomic E-state index is -0.779. The first-order valence-corrected chi connectivity index (χ1v) is 5.11. The minimum Gasteiger partial charge on any atom is -0.364 e. The molecule has 1 aliphatic rings. The smallest absolute Gasteiger partial charge is 0.182 e. The van der Waals surface area contributed by atoms with Crippen LogP contribution in [0.4, 0.5) is 14.5 Å². The summed E-state index contributed by atoms with van der Waals surface area (Å²) in [6.07, 6.45) is 0. The Bertz CT molecular complexity index is 354. The zero-order valence-electron chi connectivity index (χ0n) is 8.63. The third-order valence-electron chi connectivity index (χ3n) is 2.74. The van der Waals surface area contributed by atoms with Crippen molar-refractivity contribution in [2.75, 3.05) is 24.5 Å². The maximum atomic E-state index is 13.5. The van der Waals surface area contributed by atoms with Crippen molar-refractivity contribution < 1.29 is 8.78 Å². The molecule has 1 aromatic rings. The summed E-state index contributed by atoms with van der Waals surface area (Å²) in [7, 11) is 0. The molecule has 0 aromatic heterocycles. The quantitative estimate of drug-likeness (QED) is 0.763. The SMILES string of the molecule is C[C@H]1CNCCN1c1cccc(F)c1F. The molecule has 2 rings (SSSR count). The number of piperazine rings is 1. The van der Waals surface area contributed by atoms with Gasteiger partial charge in [0.15, 0.2) is 11.6 Å². The van der Waals surface area contributed by atoms with Gasteiger partial charge in [-0.25, -0.2) is 8.78 Å². The molecule has 82 valence electrons. The number of hydrogen-bond acceptors (Lipinski definition) is 2. The summed E-state index contributed by atoms with van der Waals surface area (Å²) in [6, 6.07) is 4.50. The summed E-state index contributed by atoms with van der Waals surface area (Å²) in [6.45, 7) is 4.31. The molecule has 1 atom stereocenters. The second-order valence-corrected chi connectivity index (χ2v) is 3.82. The van der Waals surface area contributed by atoms with E-state index in [9.17, 15) is 8.78 Å². The maximum absolute atomic E-state index is 13.5. The normalized spacial score (nSPS) is 21.8. The molecule has 0 spiro atoms. The van der Waals surface area contributed by atoms with E-state index in [2.05, 4.69) is 5.32 Å². The molecule has 1 fully saturated rings. The number of hydrogen-bond donors (Lipinski definition) is 1. The van der Waals surface area contributed by atoms with Crippen LogP contribution in [-0.4, -0.2) is 25.7 Å². The highest BCUT2D eigenvalue weighted by Crippen LogP contribution is 2.23. The fraction of sp³-hybridized carbons (Fsp3) is 0.455. The summed E-state index contributed by atoms with van der Waals surface area (Å²) in [5.74, 6) is -1.52. The van der Waals surface area contributed by atoms with E-state index in [0.717, 1.165) is 19.2 Å². The van der Waals surface area contributed by atoms with Gasteiger partial charge < -0.3 is 10.2 Å². The van der Waals surface area contributed by atoms with Crippen molar-refractivity contribution in [3.8, 4) is 0 Å². The minimum absolute atomic E-state index is 0.190. The number of nitrogens with one attached hydrogen (secondary N) is 1. The largest absolute Gasteiger partial charge is 0.364 e. The lowest BCUT2D eigenvalue weighted by atomic mass is 10.1. The standard InChI is InChI=1S/C11H14F2N2/c1-8-7-14-5-6-15(8)10-4-2-3-9(12)11(10)13/h2-4,8,14H,5-7H2,1H3/t8-/m0/s1. The highest BCUT2D eigenvalue weighted by atomic mass is 19.2. The van der Waals surface area contributed by atoms with Crippen molar-refractivity contribution in [2.45, 2.75) is 13.0 Å². The molecular weight excluding hydrogens is 198 g/mol. The topological polar surface area (TPSA) is 15.3 Å². The Kier molecular flexibility index (Phi) is 2.86. The van der Waals surface area contributed by atoms with Crippen LogP contribution in [0.2, 0.25) is 0 Å². The van der Waals surface area contributed by atoms with E-state index < -0.39 is 11.6 Å². The molecule has 0 aliphatic carbocycles. The average Bonchev–Trinajstić information content (AvgIpc) is 2.23. The Morgan fingerprint density at radius 1 is 1.40 bits per heavy atom. The van der Waals surface area contributed by atoms with Gasteiger partial charge >= 0.3 is 0 Å². The Hall–Kier alpha value is -1.16. The zero-order chi connectivity index (χ0) is 10.8. The van der Waals surface area contributed by atoms with Gasteiger partial charge in [-0.05, 0) is 19.1 Å². The van der Waals surface area contributed by atoms with Crippen LogP contribution < -0.4 is 10.2 Å². The van der Waals surface area contributed by atoms with Crippen molar-refractivity contribution >= 4 is 5.69 Å². The van der Waals surface area contributed by atoms with Crippen molar-refractivity contribution in [2.24, 2.45) is 0 Å². The first-order chi connectivity index (χ1) is 7.20. The predicted octanol–water partition coefficient (Wildman–Crippen LogP) is 1.76. The fourth-order valence-corrected chi connectivity index (χ4v) is 1.91. The van der Waals surface area contributed by atoms with Crippen LogP contribution in [0.3, 0.4) is 0 Å². The van der Waals surface area contributed by atoms with Crippen LogP contribution in [0.5, 0.6) is 0 Å². The summed E-state index contributed by atoms with van der Waals surface area (Å²) in [4.78, 5) is 1.90. The number of rotatable bonds is 1. The molecule has 1 N–H and O–H groups in total. The Balaban J connectivity index is 2.31. The highest BCUT2D eigenvalue weighted by molar-refractivity contribution is 5.49. The van der Waals surface area contributed by atoms with Crippen molar-refractivity contribution in [1.29, 1.82) is 0 Å². The van der Waals surface area contributed by atoms with Crippen LogP contribution in [0.15, 0.2) is 18.2 Å². The van der Waals surface area contributed by atoms with Gasteiger partial charge in [0.2, 0.25) is 0 Å². The number of anilines is 1. The summed E-state index contributed by atoms with van der Waals surface area (Å²) in [5, 5.41) is 3.21. The van der Waals surface area contributed by atoms with E-state index in [1.807, 2.05) is 11.8 Å². The second-order valence-electron chi connectivity index (χ2n) is 3.82. The number of benzene rings is 1. The van der Waals surface area contributed by atoms with Gasteiger partial charge in [0.25, 0.3) is 0 Å². The van der Waals surface area contributed by atoms with Gasteiger partial charge in [-0.2, -0.15) is 0 Å². The summed E-state index contributed by atoms with van der Waals surface area (Å²) >= 11 is 0. The second kappa shape index (κ2) is 4.14. The molecule has 1 aliphatic heterocycles. The Labute approximate surface area is 87.9 Å². The van der Waals surface area contributed by atoms with E-state index >= 15 is 0 Å². The Morgan fingerprint density at radius 3 is 2.93 bits per heavy atom. The van der Waals surface area contributed by atoms with Gasteiger partial charge in [0.1, 0.15) is 0 Å². The van der Waals surface area contributed by atoms with Crippen LogP contribution in [-0.2, 0) is 0 Å². The first kappa shape index (κ1) is 10.4. The lowest BCUT2D eigenvalue weighted by Gasteiger charge is -2.36. The number of nitrogens with zero attached hydrogens (tertiary/aromatic N) is 1. The van der Waals surface area contributed by atoms with Crippen molar-refractivity contribution in [1.82, 2.24) is 5.32 Å². The van der Waals surface area contributed by atoms with Gasteiger partial charge in [-0.15, -0.1) is 0 Å². The van der Waals surface area contributed by atoms with Crippen LogP contribution in [0.1, 0.15) is 6.92 Å². The fourth-order valence-electron chi connectivity index (χ4n) is 1.91. The van der Waals surface area contributed by atoms with Crippen LogP contribution in [0, 0.1) is 11.6 Å². The average molecular weight is 212 g/mol. The van der Waals surface area contributed by atoms with Crippen LogP contribution in [0.25, 0.3) is 0 Å². The van der Waals surface area contributed by atoms with Crippen LogP contribution >= 0.6 is 0 Å². The van der Waals surface area contributed by atoms with E-state index in [0.29, 0.717) is 12.2 Å². The van der Waals surface area contributed by atoms with Gasteiger partial charge in [0, 0.05) is 25.7 Å². The maximum Gasteiger partial charge on any atom is 0.182 e. The van der Waals surface area contributed by atoms with Crippen molar-refractivity contribution in [3.05, 3.63) is 29.8 Å². The zero-order valence-corrected chi connectivity index (χ0v) is 8.63. The van der Waals surface area contributed by atoms with Gasteiger partial charge in [0.05, 0.1) is 5.69 Å². The molecular formula is C11H14F2N2. The Morgan fingerprint density at radius 2 is 2.20 bits per heavy atom. The van der Waals surface area contributed by atoms with Crippen molar-refractivity contribution in [3.63, 3.8) is 0 Å². The molecule has 1 saturated heterocycles. The molecule has 1 aromatic carbocycles. The predicted molar refractivity (Wildman–Crippen MR) is 56.0 cm³/mol. The van der Waals surface area contributed by atoms with E-state index in [1.165, 1.54) is 0 Å². The van der Waals surface area contributed by atoms with Gasteiger partial charge in [-0.3, -0.25) is 0 Å². The molecule has 0 saturated carbocycles.